The van der Waals surface area contributed by atoms with Gasteiger partial charge >= 0.3 is 6.09 Å². The maximum atomic E-state index is 13.1. The first-order chi connectivity index (χ1) is 20.7. The number of benzene rings is 2. The average Bonchev–Trinajstić information content (AvgIpc) is 3.41. The van der Waals surface area contributed by atoms with Gasteiger partial charge in [-0.15, -0.1) is 0 Å². The fraction of sp³-hybridized carbons (Fsp3) is 0.167. The van der Waals surface area contributed by atoms with Crippen molar-refractivity contribution in [2.24, 2.45) is 0 Å². The number of ether oxygens (including phenoxy) is 2. The molecule has 0 unspecified atom stereocenters. The van der Waals surface area contributed by atoms with Crippen LogP contribution in [0.4, 0.5) is 16.3 Å². The zero-order valence-corrected chi connectivity index (χ0v) is 23.8. The quantitative estimate of drug-likeness (QED) is 0.157. The third kappa shape index (κ3) is 7.68. The van der Waals surface area contributed by atoms with Crippen LogP contribution in [0.25, 0.3) is 22.4 Å². The number of nitriles is 1. The van der Waals surface area contributed by atoms with E-state index in [1.165, 1.54) is 13.4 Å². The van der Waals surface area contributed by atoms with E-state index in [0.717, 1.165) is 0 Å². The first-order valence-electron chi connectivity index (χ1n) is 12.8. The number of aromatic nitrogens is 1. The van der Waals surface area contributed by atoms with Gasteiger partial charge in [0.25, 0.3) is 5.91 Å². The normalized spacial score (nSPS) is 10.5. The van der Waals surface area contributed by atoms with Gasteiger partial charge in [-0.3, -0.25) is 9.59 Å². The van der Waals surface area contributed by atoms with Crippen molar-refractivity contribution in [3.05, 3.63) is 82.8 Å². The maximum Gasteiger partial charge on any atom is 0.404 e. The highest BCUT2D eigenvalue weighted by Crippen LogP contribution is 2.38. The fourth-order valence-corrected chi connectivity index (χ4v) is 4.27. The SMILES string of the molecule is COCOc1cc(Cl)ccc1-c1cc(-c2cccc(NC(=O)CCNC(=O)O)c2)c(C#N)c(NC(=O)c2occc2C)n1. The molecule has 0 spiro atoms. The van der Waals surface area contributed by atoms with E-state index in [1.54, 1.807) is 61.5 Å². The Morgan fingerprint density at radius 1 is 1.09 bits per heavy atom. The summed E-state index contributed by atoms with van der Waals surface area (Å²) in [5.41, 5.74) is 2.85. The van der Waals surface area contributed by atoms with E-state index in [2.05, 4.69) is 27.0 Å². The van der Waals surface area contributed by atoms with Gasteiger partial charge in [0.05, 0.1) is 12.0 Å². The van der Waals surface area contributed by atoms with E-state index >= 15 is 0 Å². The van der Waals surface area contributed by atoms with Crippen molar-refractivity contribution in [3.8, 4) is 34.2 Å². The van der Waals surface area contributed by atoms with Crippen LogP contribution in [0, 0.1) is 18.3 Å². The molecule has 220 valence electrons. The molecule has 4 aromatic rings. The minimum absolute atomic E-state index is 0.0300. The number of anilines is 2. The number of methoxy groups -OCH3 is 1. The molecule has 0 fully saturated rings. The van der Waals surface area contributed by atoms with Gasteiger partial charge in [0.15, 0.2) is 18.4 Å². The lowest BCUT2D eigenvalue weighted by atomic mass is 9.97. The third-order valence-corrected chi connectivity index (χ3v) is 6.30. The van der Waals surface area contributed by atoms with Gasteiger partial charge in [0.1, 0.15) is 17.4 Å². The molecule has 0 atom stereocenters. The van der Waals surface area contributed by atoms with Gasteiger partial charge in [-0.2, -0.15) is 5.26 Å². The number of carbonyl (C=O) groups excluding carboxylic acids is 2. The number of aryl methyl sites for hydroxylation is 1. The van der Waals surface area contributed by atoms with Crippen molar-refractivity contribution >= 4 is 41.0 Å². The average molecular weight is 604 g/mol. The summed E-state index contributed by atoms with van der Waals surface area (Å²) in [6.45, 7) is 1.59. The molecule has 4 N–H and O–H groups in total. The molecule has 12 nitrogen and oxygen atoms in total. The first kappa shape index (κ1) is 30.6. The number of nitrogens with one attached hydrogen (secondary N) is 3. The lowest BCUT2D eigenvalue weighted by Gasteiger charge is -2.16. The summed E-state index contributed by atoms with van der Waals surface area (Å²) in [6, 6.07) is 17.1. The van der Waals surface area contributed by atoms with E-state index < -0.39 is 17.9 Å². The van der Waals surface area contributed by atoms with Crippen LogP contribution in [0.15, 0.2) is 65.3 Å². The summed E-state index contributed by atoms with van der Waals surface area (Å²) >= 11 is 6.22. The molecule has 2 heterocycles. The Morgan fingerprint density at radius 3 is 2.60 bits per heavy atom. The van der Waals surface area contributed by atoms with E-state index in [9.17, 15) is 19.6 Å². The van der Waals surface area contributed by atoms with E-state index in [1.807, 2.05) is 0 Å². The Hall–Kier alpha value is -5.38. The van der Waals surface area contributed by atoms with Crippen LogP contribution in [0.2, 0.25) is 5.02 Å². The summed E-state index contributed by atoms with van der Waals surface area (Å²) in [4.78, 5) is 40.8. The number of amides is 3. The number of rotatable bonds is 11. The molecule has 2 aromatic carbocycles. The van der Waals surface area contributed by atoms with Gasteiger partial charge in [-0.1, -0.05) is 23.7 Å². The molecule has 0 radical (unpaired) electrons. The predicted octanol–water partition coefficient (Wildman–Crippen LogP) is 5.67. The molecule has 2 aromatic heterocycles. The standard InChI is InChI=1S/C30H26ClN5O7/c1-17-9-11-42-27(17)29(38)36-28-23(15-32)22(14-24(35-28)21-7-6-19(31)13-25(21)43-16-41-2)18-4-3-5-20(12-18)34-26(37)8-10-33-30(39)40/h3-7,9,11-14,33H,8,10,16H2,1-2H3,(H,34,37)(H,39,40)(H,35,36,38). The number of hydrogen-bond acceptors (Lipinski definition) is 8. The number of halogens is 1. The second-order valence-electron chi connectivity index (χ2n) is 9.08. The van der Waals surface area contributed by atoms with Crippen LogP contribution in [-0.4, -0.2) is 48.4 Å². The summed E-state index contributed by atoms with van der Waals surface area (Å²) in [6.07, 6.45) is 0.0756. The van der Waals surface area contributed by atoms with Crippen molar-refractivity contribution in [2.45, 2.75) is 13.3 Å². The zero-order chi connectivity index (χ0) is 30.9. The van der Waals surface area contributed by atoms with E-state index in [4.69, 9.17) is 30.6 Å². The largest absolute Gasteiger partial charge is 0.467 e. The van der Waals surface area contributed by atoms with Crippen LogP contribution in [-0.2, 0) is 9.53 Å². The molecular formula is C30H26ClN5O7. The summed E-state index contributed by atoms with van der Waals surface area (Å²) in [5, 5.41) is 26.9. The topological polar surface area (TPSA) is 176 Å². The minimum atomic E-state index is -1.23. The lowest BCUT2D eigenvalue weighted by Crippen LogP contribution is -2.25. The molecule has 0 aliphatic carbocycles. The van der Waals surface area contributed by atoms with Crippen LogP contribution in [0.1, 0.15) is 28.1 Å². The molecule has 0 aliphatic heterocycles. The van der Waals surface area contributed by atoms with Gasteiger partial charge in [-0.25, -0.2) is 9.78 Å². The van der Waals surface area contributed by atoms with Gasteiger partial charge in [0.2, 0.25) is 5.91 Å². The Bertz CT molecular complexity index is 1710. The smallest absolute Gasteiger partial charge is 0.404 e. The molecule has 4 rings (SSSR count). The summed E-state index contributed by atoms with van der Waals surface area (Å²) < 4.78 is 16.1. The predicted molar refractivity (Wildman–Crippen MR) is 158 cm³/mol. The highest BCUT2D eigenvalue weighted by Gasteiger charge is 2.22. The van der Waals surface area contributed by atoms with Crippen LogP contribution < -0.4 is 20.7 Å². The van der Waals surface area contributed by atoms with Crippen molar-refractivity contribution in [3.63, 3.8) is 0 Å². The second kappa shape index (κ2) is 14.0. The van der Waals surface area contributed by atoms with E-state index in [0.29, 0.717) is 44.4 Å². The van der Waals surface area contributed by atoms with E-state index in [-0.39, 0.29) is 36.9 Å². The third-order valence-electron chi connectivity index (χ3n) is 6.07. The lowest BCUT2D eigenvalue weighted by molar-refractivity contribution is -0.116. The highest BCUT2D eigenvalue weighted by atomic mass is 35.5. The van der Waals surface area contributed by atoms with Crippen molar-refractivity contribution < 1.29 is 33.4 Å². The summed E-state index contributed by atoms with van der Waals surface area (Å²) in [5.74, 6) is -0.622. The number of hydrogen-bond donors (Lipinski definition) is 4. The van der Waals surface area contributed by atoms with Gasteiger partial charge in [-0.05, 0) is 55.0 Å². The Kier molecular flexibility index (Phi) is 9.95. The summed E-state index contributed by atoms with van der Waals surface area (Å²) in [7, 11) is 1.47. The molecule has 43 heavy (non-hydrogen) atoms. The number of furan rings is 1. The molecule has 0 saturated heterocycles. The second-order valence-corrected chi connectivity index (χ2v) is 9.52. The van der Waals surface area contributed by atoms with Crippen molar-refractivity contribution in [1.29, 1.82) is 5.26 Å². The first-order valence-corrected chi connectivity index (χ1v) is 13.2. The number of carboxylic acid groups (broad SMARTS) is 1. The molecule has 13 heteroatoms. The number of nitrogens with zero attached hydrogens (tertiary/aromatic N) is 2. The Morgan fingerprint density at radius 2 is 1.91 bits per heavy atom. The molecular weight excluding hydrogens is 578 g/mol. The molecule has 0 aliphatic rings. The fourth-order valence-electron chi connectivity index (χ4n) is 4.10. The van der Waals surface area contributed by atoms with Crippen LogP contribution in [0.3, 0.4) is 0 Å². The van der Waals surface area contributed by atoms with Crippen LogP contribution in [0.5, 0.6) is 5.75 Å². The van der Waals surface area contributed by atoms with Gasteiger partial charge in [0, 0.05) is 47.5 Å². The highest BCUT2D eigenvalue weighted by molar-refractivity contribution is 6.30. The number of pyridine rings is 1. The number of carbonyl (C=O) groups is 3. The monoisotopic (exact) mass is 603 g/mol. The molecule has 0 bridgehead atoms. The van der Waals surface area contributed by atoms with Crippen LogP contribution >= 0.6 is 11.6 Å². The van der Waals surface area contributed by atoms with Crippen molar-refractivity contribution in [2.75, 3.05) is 31.1 Å². The van der Waals surface area contributed by atoms with Gasteiger partial charge < -0.3 is 34.9 Å². The molecule has 0 saturated carbocycles. The maximum absolute atomic E-state index is 13.1. The zero-order valence-electron chi connectivity index (χ0n) is 23.1. The Balaban J connectivity index is 1.81. The van der Waals surface area contributed by atoms with Crippen molar-refractivity contribution in [1.82, 2.24) is 10.3 Å². The Labute approximate surface area is 251 Å². The molecule has 3 amide bonds. The minimum Gasteiger partial charge on any atom is -0.467 e.